The van der Waals surface area contributed by atoms with Gasteiger partial charge in [-0.15, -0.1) is 0 Å². The molecular formula is C13H19N3O2. The fraction of sp³-hybridized carbons (Fsp3) is 0.538. The number of aromatic nitrogens is 1. The van der Waals surface area contributed by atoms with Gasteiger partial charge in [-0.05, 0) is 18.9 Å². The number of ether oxygens (including phenoxy) is 1. The van der Waals surface area contributed by atoms with Gasteiger partial charge >= 0.3 is 0 Å². The van der Waals surface area contributed by atoms with Crippen molar-refractivity contribution < 1.29 is 9.53 Å². The topological polar surface area (TPSA) is 77.2 Å². The van der Waals surface area contributed by atoms with E-state index < -0.39 is 0 Å². The molecule has 0 aromatic carbocycles. The largest absolute Gasteiger partial charge is 0.481 e. The minimum Gasteiger partial charge on any atom is -0.481 e. The molecule has 1 aromatic rings. The van der Waals surface area contributed by atoms with Crippen molar-refractivity contribution in [3.63, 3.8) is 0 Å². The first kappa shape index (κ1) is 12.8. The Hall–Kier alpha value is -1.62. The summed E-state index contributed by atoms with van der Waals surface area (Å²) in [4.78, 5) is 16.1. The van der Waals surface area contributed by atoms with Crippen LogP contribution >= 0.6 is 0 Å². The van der Waals surface area contributed by atoms with Crippen LogP contribution in [0.5, 0.6) is 5.88 Å². The number of methoxy groups -OCH3 is 1. The van der Waals surface area contributed by atoms with Gasteiger partial charge < -0.3 is 15.8 Å². The van der Waals surface area contributed by atoms with Crippen LogP contribution in [0.1, 0.15) is 25.7 Å². The van der Waals surface area contributed by atoms with Gasteiger partial charge in [0, 0.05) is 12.1 Å². The maximum Gasteiger partial charge on any atom is 0.229 e. The molecule has 0 spiro atoms. The molecular weight excluding hydrogens is 230 g/mol. The van der Waals surface area contributed by atoms with Gasteiger partial charge in [0.1, 0.15) is 0 Å². The molecule has 2 unspecified atom stereocenters. The van der Waals surface area contributed by atoms with Crippen LogP contribution in [0, 0.1) is 5.92 Å². The zero-order valence-electron chi connectivity index (χ0n) is 10.6. The Labute approximate surface area is 107 Å². The van der Waals surface area contributed by atoms with E-state index in [1.54, 1.807) is 25.4 Å². The van der Waals surface area contributed by atoms with E-state index in [2.05, 4.69) is 10.3 Å². The number of hydrogen-bond donors (Lipinski definition) is 2. The molecule has 1 saturated carbocycles. The molecule has 1 heterocycles. The van der Waals surface area contributed by atoms with Crippen LogP contribution in [-0.4, -0.2) is 24.0 Å². The van der Waals surface area contributed by atoms with Crippen LogP contribution in [0.25, 0.3) is 0 Å². The predicted octanol–water partition coefficient (Wildman–Crippen LogP) is 1.55. The summed E-state index contributed by atoms with van der Waals surface area (Å²) in [6.45, 7) is 0. The van der Waals surface area contributed by atoms with Crippen molar-refractivity contribution in [3.05, 3.63) is 18.3 Å². The fourth-order valence-electron chi connectivity index (χ4n) is 2.30. The van der Waals surface area contributed by atoms with Crippen LogP contribution in [0.4, 0.5) is 5.69 Å². The molecule has 1 fully saturated rings. The third-order valence-electron chi connectivity index (χ3n) is 3.37. The number of nitrogens with one attached hydrogen (secondary N) is 1. The molecule has 1 amide bonds. The van der Waals surface area contributed by atoms with Crippen molar-refractivity contribution in [2.75, 3.05) is 12.4 Å². The predicted molar refractivity (Wildman–Crippen MR) is 69.4 cm³/mol. The van der Waals surface area contributed by atoms with E-state index >= 15 is 0 Å². The van der Waals surface area contributed by atoms with Crippen molar-refractivity contribution in [1.29, 1.82) is 0 Å². The summed E-state index contributed by atoms with van der Waals surface area (Å²) in [7, 11) is 1.56. The number of carbonyl (C=O) groups excluding carboxylic acids is 1. The van der Waals surface area contributed by atoms with Gasteiger partial charge in [-0.25, -0.2) is 4.98 Å². The molecule has 0 saturated heterocycles. The highest BCUT2D eigenvalue weighted by atomic mass is 16.5. The molecule has 18 heavy (non-hydrogen) atoms. The number of pyridine rings is 1. The Morgan fingerprint density at radius 2 is 2.22 bits per heavy atom. The highest BCUT2D eigenvalue weighted by molar-refractivity contribution is 5.92. The van der Waals surface area contributed by atoms with Gasteiger partial charge in [0.05, 0.1) is 24.9 Å². The standard InChI is InChI=1S/C13H19N3O2/c1-18-12-7-6-9(8-15-12)16-13(17)10-4-2-3-5-11(10)14/h6-8,10-11H,2-5,14H2,1H3,(H,16,17). The van der Waals surface area contributed by atoms with E-state index in [0.29, 0.717) is 11.6 Å². The fourth-order valence-corrected chi connectivity index (χ4v) is 2.30. The summed E-state index contributed by atoms with van der Waals surface area (Å²) in [5, 5.41) is 2.86. The van der Waals surface area contributed by atoms with Gasteiger partial charge in [-0.1, -0.05) is 12.8 Å². The summed E-state index contributed by atoms with van der Waals surface area (Å²) in [5.74, 6) is 0.442. The minimum atomic E-state index is -0.0825. The Morgan fingerprint density at radius 1 is 1.44 bits per heavy atom. The van der Waals surface area contributed by atoms with E-state index in [0.717, 1.165) is 25.7 Å². The number of nitrogens with two attached hydrogens (primary N) is 1. The molecule has 1 aromatic heterocycles. The maximum atomic E-state index is 12.1. The van der Waals surface area contributed by atoms with Crippen LogP contribution in [0.15, 0.2) is 18.3 Å². The summed E-state index contributed by atoms with van der Waals surface area (Å²) < 4.78 is 4.96. The summed E-state index contributed by atoms with van der Waals surface area (Å²) in [6, 6.07) is 3.47. The Kier molecular flexibility index (Phi) is 4.15. The molecule has 0 bridgehead atoms. The highest BCUT2D eigenvalue weighted by Crippen LogP contribution is 2.24. The lowest BCUT2D eigenvalue weighted by atomic mass is 9.84. The molecule has 2 rings (SSSR count). The molecule has 3 N–H and O–H groups in total. The first-order valence-corrected chi connectivity index (χ1v) is 6.27. The molecule has 5 nitrogen and oxygen atoms in total. The van der Waals surface area contributed by atoms with Gasteiger partial charge in [-0.3, -0.25) is 4.79 Å². The quantitative estimate of drug-likeness (QED) is 0.852. The summed E-state index contributed by atoms with van der Waals surface area (Å²) in [6.07, 6.45) is 5.59. The third-order valence-corrected chi connectivity index (χ3v) is 3.37. The Balaban J connectivity index is 1.97. The lowest BCUT2D eigenvalue weighted by Crippen LogP contribution is -2.40. The summed E-state index contributed by atoms with van der Waals surface area (Å²) in [5.41, 5.74) is 6.66. The Bertz CT molecular complexity index is 405. The molecule has 2 atom stereocenters. The second-order valence-electron chi connectivity index (χ2n) is 4.63. The molecule has 0 radical (unpaired) electrons. The monoisotopic (exact) mass is 249 g/mol. The number of anilines is 1. The number of hydrogen-bond acceptors (Lipinski definition) is 4. The van der Waals surface area contributed by atoms with E-state index in [1.165, 1.54) is 0 Å². The maximum absolute atomic E-state index is 12.1. The number of rotatable bonds is 3. The molecule has 0 aliphatic heterocycles. The van der Waals surface area contributed by atoms with E-state index in [1.807, 2.05) is 0 Å². The molecule has 5 heteroatoms. The van der Waals surface area contributed by atoms with E-state index in [4.69, 9.17) is 10.5 Å². The van der Waals surface area contributed by atoms with Gasteiger partial charge in [0.15, 0.2) is 0 Å². The van der Waals surface area contributed by atoms with Crippen LogP contribution < -0.4 is 15.8 Å². The van der Waals surface area contributed by atoms with Gasteiger partial charge in [0.25, 0.3) is 0 Å². The van der Waals surface area contributed by atoms with Crippen molar-refractivity contribution in [3.8, 4) is 5.88 Å². The highest BCUT2D eigenvalue weighted by Gasteiger charge is 2.28. The zero-order valence-corrected chi connectivity index (χ0v) is 10.6. The second-order valence-corrected chi connectivity index (χ2v) is 4.63. The summed E-state index contributed by atoms with van der Waals surface area (Å²) >= 11 is 0. The van der Waals surface area contributed by atoms with Crippen molar-refractivity contribution in [2.24, 2.45) is 11.7 Å². The van der Waals surface area contributed by atoms with Crippen LogP contribution in [0.3, 0.4) is 0 Å². The van der Waals surface area contributed by atoms with Gasteiger partial charge in [0.2, 0.25) is 11.8 Å². The van der Waals surface area contributed by atoms with E-state index in [-0.39, 0.29) is 17.9 Å². The average molecular weight is 249 g/mol. The third kappa shape index (κ3) is 2.98. The van der Waals surface area contributed by atoms with Crippen molar-refractivity contribution >= 4 is 11.6 Å². The van der Waals surface area contributed by atoms with Gasteiger partial charge in [-0.2, -0.15) is 0 Å². The second kappa shape index (κ2) is 5.82. The van der Waals surface area contributed by atoms with Crippen molar-refractivity contribution in [2.45, 2.75) is 31.7 Å². The van der Waals surface area contributed by atoms with E-state index in [9.17, 15) is 4.79 Å². The molecule has 1 aliphatic rings. The van der Waals surface area contributed by atoms with Crippen LogP contribution in [0.2, 0.25) is 0 Å². The normalized spacial score (nSPS) is 23.4. The first-order chi connectivity index (χ1) is 8.70. The SMILES string of the molecule is COc1ccc(NC(=O)C2CCCCC2N)cn1. The number of carbonyl (C=O) groups is 1. The average Bonchev–Trinajstić information content (AvgIpc) is 2.40. The number of amides is 1. The van der Waals surface area contributed by atoms with Crippen LogP contribution in [-0.2, 0) is 4.79 Å². The molecule has 98 valence electrons. The zero-order chi connectivity index (χ0) is 13.0. The minimum absolute atomic E-state index is 0.00540. The van der Waals surface area contributed by atoms with Crippen molar-refractivity contribution in [1.82, 2.24) is 4.98 Å². The lowest BCUT2D eigenvalue weighted by Gasteiger charge is -2.27. The lowest BCUT2D eigenvalue weighted by molar-refractivity contribution is -0.121. The molecule has 1 aliphatic carbocycles. The Morgan fingerprint density at radius 3 is 2.83 bits per heavy atom. The smallest absolute Gasteiger partial charge is 0.229 e. The first-order valence-electron chi connectivity index (χ1n) is 6.27. The number of nitrogens with zero attached hydrogens (tertiary/aromatic N) is 1.